The first kappa shape index (κ1) is 19.3. The zero-order chi connectivity index (χ0) is 20.2. The molecule has 5 nitrogen and oxygen atoms in total. The number of carbonyl (C=O) groups is 1. The average molecular weight is 393 g/mol. The van der Waals surface area contributed by atoms with Gasteiger partial charge < -0.3 is 9.30 Å². The number of hydrogen-bond donors (Lipinski definition) is 0. The number of ether oxygens (including phenoxy) is 1. The highest BCUT2D eigenvalue weighted by Gasteiger charge is 2.27. The van der Waals surface area contributed by atoms with Gasteiger partial charge in [0.2, 0.25) is 0 Å². The van der Waals surface area contributed by atoms with Crippen LogP contribution in [0.1, 0.15) is 28.9 Å². The maximum Gasteiger partial charge on any atom is 0.167 e. The number of hydrogen-bond acceptors (Lipinski definition) is 4. The van der Waals surface area contributed by atoms with Crippen LogP contribution in [-0.2, 0) is 6.54 Å². The smallest absolute Gasteiger partial charge is 0.167 e. The molecule has 0 aliphatic carbocycles. The molecular weight excluding hydrogens is 369 g/mol. The lowest BCUT2D eigenvalue weighted by atomic mass is 9.90. The Kier molecular flexibility index (Phi) is 5.71. The Labute approximate surface area is 169 Å². The van der Waals surface area contributed by atoms with Crippen molar-refractivity contribution in [2.24, 2.45) is 5.92 Å². The zero-order valence-corrected chi connectivity index (χ0v) is 16.4. The molecule has 0 N–H and O–H groups in total. The number of aromatic nitrogens is 2. The van der Waals surface area contributed by atoms with Crippen LogP contribution in [0.3, 0.4) is 0 Å². The molecule has 150 valence electrons. The standard InChI is InChI=1S/C23H24FN3O2/c1-29-21-10-9-17(14-20(21)24)23(28)18-6-4-12-26(15-18)16-19-7-5-13-27(19)22-8-2-3-11-25-22/h2-3,5,7-11,13-14,18H,4,6,12,15-16H2,1H3/t18-/m0/s1. The van der Waals surface area contributed by atoms with Gasteiger partial charge in [-0.05, 0) is 61.9 Å². The van der Waals surface area contributed by atoms with Crippen LogP contribution in [0.4, 0.5) is 4.39 Å². The summed E-state index contributed by atoms with van der Waals surface area (Å²) in [7, 11) is 1.42. The molecule has 1 saturated heterocycles. The minimum atomic E-state index is -0.501. The number of pyridine rings is 1. The van der Waals surface area contributed by atoms with E-state index in [-0.39, 0.29) is 17.5 Å². The van der Waals surface area contributed by atoms with Crippen LogP contribution in [0.25, 0.3) is 5.82 Å². The van der Waals surface area contributed by atoms with E-state index in [0.717, 1.165) is 37.4 Å². The number of rotatable bonds is 6. The van der Waals surface area contributed by atoms with Crippen molar-refractivity contribution in [3.05, 3.63) is 78.0 Å². The number of ketones is 1. The van der Waals surface area contributed by atoms with Crippen molar-refractivity contribution in [1.29, 1.82) is 0 Å². The fraction of sp³-hybridized carbons (Fsp3) is 0.304. The minimum Gasteiger partial charge on any atom is -0.494 e. The topological polar surface area (TPSA) is 47.4 Å². The second-order valence-corrected chi connectivity index (χ2v) is 7.35. The molecule has 6 heteroatoms. The van der Waals surface area contributed by atoms with E-state index in [1.165, 1.54) is 19.2 Å². The maximum absolute atomic E-state index is 14.0. The van der Waals surface area contributed by atoms with Gasteiger partial charge in [0.15, 0.2) is 17.3 Å². The maximum atomic E-state index is 14.0. The summed E-state index contributed by atoms with van der Waals surface area (Å²) in [6, 6.07) is 14.4. The third-order valence-electron chi connectivity index (χ3n) is 5.43. The van der Waals surface area contributed by atoms with E-state index in [9.17, 15) is 9.18 Å². The van der Waals surface area contributed by atoms with Gasteiger partial charge in [-0.25, -0.2) is 9.37 Å². The summed E-state index contributed by atoms with van der Waals surface area (Å²) in [4.78, 5) is 19.7. The first-order valence-electron chi connectivity index (χ1n) is 9.83. The van der Waals surface area contributed by atoms with E-state index in [4.69, 9.17) is 4.74 Å². The molecule has 1 atom stereocenters. The van der Waals surface area contributed by atoms with Crippen LogP contribution in [-0.4, -0.2) is 40.4 Å². The summed E-state index contributed by atoms with van der Waals surface area (Å²) in [6.07, 6.45) is 5.55. The van der Waals surface area contributed by atoms with Crippen LogP contribution in [0.5, 0.6) is 5.75 Å². The Balaban J connectivity index is 1.46. The third-order valence-corrected chi connectivity index (χ3v) is 5.43. The SMILES string of the molecule is COc1ccc(C(=O)[C@H]2CCCN(Cc3cccn3-c3ccccn3)C2)cc1F. The monoisotopic (exact) mass is 393 g/mol. The second kappa shape index (κ2) is 8.57. The molecule has 0 bridgehead atoms. The highest BCUT2D eigenvalue weighted by Crippen LogP contribution is 2.25. The molecule has 4 rings (SSSR count). The summed E-state index contributed by atoms with van der Waals surface area (Å²) in [5.41, 5.74) is 1.54. The lowest BCUT2D eigenvalue weighted by Gasteiger charge is -2.32. The van der Waals surface area contributed by atoms with Crippen molar-refractivity contribution in [1.82, 2.24) is 14.5 Å². The number of likely N-dealkylation sites (tertiary alicyclic amines) is 1. The Morgan fingerprint density at radius 3 is 2.90 bits per heavy atom. The first-order chi connectivity index (χ1) is 14.2. The molecule has 3 aromatic rings. The molecule has 1 aromatic carbocycles. The van der Waals surface area contributed by atoms with Gasteiger partial charge in [-0.3, -0.25) is 9.69 Å². The van der Waals surface area contributed by atoms with Gasteiger partial charge in [0.1, 0.15) is 5.82 Å². The zero-order valence-electron chi connectivity index (χ0n) is 16.4. The van der Waals surface area contributed by atoms with Crippen molar-refractivity contribution >= 4 is 5.78 Å². The number of nitrogens with zero attached hydrogens (tertiary/aromatic N) is 3. The number of benzene rings is 1. The van der Waals surface area contributed by atoms with Gasteiger partial charge in [-0.2, -0.15) is 0 Å². The predicted molar refractivity (Wildman–Crippen MR) is 109 cm³/mol. The van der Waals surface area contributed by atoms with Crippen LogP contribution < -0.4 is 4.74 Å². The normalized spacial score (nSPS) is 17.2. The van der Waals surface area contributed by atoms with Gasteiger partial charge >= 0.3 is 0 Å². The lowest BCUT2D eigenvalue weighted by Crippen LogP contribution is -2.38. The number of carbonyl (C=O) groups excluding carboxylic acids is 1. The van der Waals surface area contributed by atoms with E-state index in [1.807, 2.05) is 30.5 Å². The van der Waals surface area contributed by atoms with Crippen molar-refractivity contribution in [3.63, 3.8) is 0 Å². The van der Waals surface area contributed by atoms with Crippen LogP contribution in [0, 0.1) is 11.7 Å². The Hall–Kier alpha value is -2.99. The van der Waals surface area contributed by atoms with Gasteiger partial charge in [0, 0.05) is 42.7 Å². The molecule has 0 radical (unpaired) electrons. The number of Topliss-reactive ketones (excluding diaryl/α,β-unsaturated/α-hetero) is 1. The van der Waals surface area contributed by atoms with Gasteiger partial charge in [0.05, 0.1) is 7.11 Å². The van der Waals surface area contributed by atoms with Crippen molar-refractivity contribution in [2.45, 2.75) is 19.4 Å². The summed E-state index contributed by atoms with van der Waals surface area (Å²) in [6.45, 7) is 2.35. The fourth-order valence-corrected chi connectivity index (χ4v) is 3.96. The third kappa shape index (κ3) is 4.22. The molecule has 0 spiro atoms. The van der Waals surface area contributed by atoms with Gasteiger partial charge in [-0.1, -0.05) is 6.07 Å². The highest BCUT2D eigenvalue weighted by atomic mass is 19.1. The molecule has 0 unspecified atom stereocenters. The number of piperidine rings is 1. The van der Waals surface area contributed by atoms with Gasteiger partial charge in [0.25, 0.3) is 0 Å². The molecule has 1 fully saturated rings. The Bertz CT molecular complexity index is 987. The summed E-state index contributed by atoms with van der Waals surface area (Å²) in [5.74, 6) is 0.401. The van der Waals surface area contributed by atoms with Crippen LogP contribution in [0.2, 0.25) is 0 Å². The number of halogens is 1. The molecule has 0 saturated carbocycles. The van der Waals surface area contributed by atoms with E-state index in [1.54, 1.807) is 12.3 Å². The van der Waals surface area contributed by atoms with E-state index < -0.39 is 5.82 Å². The van der Waals surface area contributed by atoms with E-state index in [2.05, 4.69) is 20.5 Å². The van der Waals surface area contributed by atoms with E-state index >= 15 is 0 Å². The van der Waals surface area contributed by atoms with Crippen LogP contribution in [0.15, 0.2) is 60.9 Å². The molecular formula is C23H24FN3O2. The summed E-state index contributed by atoms with van der Waals surface area (Å²) in [5, 5.41) is 0. The Morgan fingerprint density at radius 1 is 1.24 bits per heavy atom. The molecule has 1 aliphatic rings. The molecule has 1 aliphatic heterocycles. The first-order valence-corrected chi connectivity index (χ1v) is 9.83. The summed E-state index contributed by atoms with van der Waals surface area (Å²) >= 11 is 0. The Morgan fingerprint density at radius 2 is 2.14 bits per heavy atom. The fourth-order valence-electron chi connectivity index (χ4n) is 3.96. The minimum absolute atomic E-state index is 0.00337. The lowest BCUT2D eigenvalue weighted by molar-refractivity contribution is 0.0809. The van der Waals surface area contributed by atoms with Crippen molar-refractivity contribution in [2.75, 3.05) is 20.2 Å². The van der Waals surface area contributed by atoms with Crippen molar-refractivity contribution < 1.29 is 13.9 Å². The molecule has 3 heterocycles. The summed E-state index contributed by atoms with van der Waals surface area (Å²) < 4.78 is 21.0. The number of methoxy groups -OCH3 is 1. The van der Waals surface area contributed by atoms with Gasteiger partial charge in [-0.15, -0.1) is 0 Å². The van der Waals surface area contributed by atoms with Crippen molar-refractivity contribution in [3.8, 4) is 11.6 Å². The second-order valence-electron chi connectivity index (χ2n) is 7.35. The molecule has 29 heavy (non-hydrogen) atoms. The molecule has 2 aromatic heterocycles. The van der Waals surface area contributed by atoms with E-state index in [0.29, 0.717) is 12.1 Å². The average Bonchev–Trinajstić information content (AvgIpc) is 3.22. The quantitative estimate of drug-likeness (QED) is 0.591. The highest BCUT2D eigenvalue weighted by molar-refractivity contribution is 5.98. The molecule has 0 amide bonds. The largest absolute Gasteiger partial charge is 0.494 e. The predicted octanol–water partition coefficient (Wildman–Crippen LogP) is 4.11. The van der Waals surface area contributed by atoms with Crippen LogP contribution >= 0.6 is 0 Å².